The molecular weight excluding hydrogens is 260 g/mol. The second kappa shape index (κ2) is 6.69. The standard InChI is InChI=1S/C10H20N2O5S/c1-5-11-9(13)7(2)8(10(14)15)6-12(3)18(4,16)17/h7-8H,5-6H2,1-4H3,(H,11,13)(H,14,15). The number of hydrogen-bond donors (Lipinski definition) is 2. The third kappa shape index (κ3) is 5.01. The van der Waals surface area contributed by atoms with Gasteiger partial charge in [-0.25, -0.2) is 12.7 Å². The Morgan fingerprint density at radius 1 is 1.39 bits per heavy atom. The number of rotatable bonds is 7. The fourth-order valence-electron chi connectivity index (χ4n) is 1.38. The van der Waals surface area contributed by atoms with Crippen LogP contribution in [0.3, 0.4) is 0 Å². The summed E-state index contributed by atoms with van der Waals surface area (Å²) in [6.45, 7) is 3.37. The Hall–Kier alpha value is -1.15. The largest absolute Gasteiger partial charge is 0.481 e. The molecule has 2 unspecified atom stereocenters. The molecule has 0 aromatic heterocycles. The molecule has 0 heterocycles. The van der Waals surface area contributed by atoms with Crippen molar-refractivity contribution in [3.05, 3.63) is 0 Å². The van der Waals surface area contributed by atoms with Gasteiger partial charge in [0.15, 0.2) is 0 Å². The van der Waals surface area contributed by atoms with Crippen molar-refractivity contribution in [3.8, 4) is 0 Å². The first-order chi connectivity index (χ1) is 8.11. The average molecular weight is 280 g/mol. The Morgan fingerprint density at radius 3 is 2.22 bits per heavy atom. The quantitative estimate of drug-likeness (QED) is 0.645. The maximum absolute atomic E-state index is 11.6. The molecule has 2 N–H and O–H groups in total. The number of nitrogens with one attached hydrogen (secondary N) is 1. The minimum Gasteiger partial charge on any atom is -0.481 e. The first-order valence-corrected chi connectivity index (χ1v) is 7.37. The molecule has 0 aliphatic heterocycles. The van der Waals surface area contributed by atoms with Crippen LogP contribution in [0.15, 0.2) is 0 Å². The second-order valence-electron chi connectivity index (χ2n) is 4.17. The van der Waals surface area contributed by atoms with Crippen molar-refractivity contribution in [2.75, 3.05) is 26.4 Å². The molecule has 0 rings (SSSR count). The van der Waals surface area contributed by atoms with Gasteiger partial charge in [0, 0.05) is 26.1 Å². The fourth-order valence-corrected chi connectivity index (χ4v) is 1.81. The highest BCUT2D eigenvalue weighted by atomic mass is 32.2. The summed E-state index contributed by atoms with van der Waals surface area (Å²) in [6.07, 6.45) is 0.989. The molecule has 0 saturated carbocycles. The van der Waals surface area contributed by atoms with Gasteiger partial charge in [0.25, 0.3) is 0 Å². The van der Waals surface area contributed by atoms with Gasteiger partial charge in [0.2, 0.25) is 15.9 Å². The SMILES string of the molecule is CCNC(=O)C(C)C(CN(C)S(C)(=O)=O)C(=O)O. The summed E-state index contributed by atoms with van der Waals surface area (Å²) in [5.41, 5.74) is 0. The Bertz CT molecular complexity index is 406. The zero-order valence-corrected chi connectivity index (χ0v) is 11.8. The van der Waals surface area contributed by atoms with Crippen LogP contribution in [-0.2, 0) is 19.6 Å². The summed E-state index contributed by atoms with van der Waals surface area (Å²) in [6, 6.07) is 0. The van der Waals surface area contributed by atoms with Gasteiger partial charge in [-0.2, -0.15) is 0 Å². The number of sulfonamides is 1. The minimum absolute atomic E-state index is 0.230. The summed E-state index contributed by atoms with van der Waals surface area (Å²) >= 11 is 0. The zero-order valence-electron chi connectivity index (χ0n) is 11.0. The number of carbonyl (C=O) groups excluding carboxylic acids is 1. The molecule has 106 valence electrons. The molecule has 18 heavy (non-hydrogen) atoms. The van der Waals surface area contributed by atoms with Crippen LogP contribution in [0.4, 0.5) is 0 Å². The number of nitrogens with zero attached hydrogens (tertiary/aromatic N) is 1. The topological polar surface area (TPSA) is 104 Å². The van der Waals surface area contributed by atoms with Crippen LogP contribution in [0.5, 0.6) is 0 Å². The lowest BCUT2D eigenvalue weighted by Crippen LogP contribution is -2.42. The van der Waals surface area contributed by atoms with E-state index in [-0.39, 0.29) is 6.54 Å². The first kappa shape index (κ1) is 16.9. The van der Waals surface area contributed by atoms with Gasteiger partial charge in [-0.1, -0.05) is 6.92 Å². The van der Waals surface area contributed by atoms with E-state index in [1.807, 2.05) is 0 Å². The molecule has 0 spiro atoms. The van der Waals surface area contributed by atoms with Crippen LogP contribution < -0.4 is 5.32 Å². The molecule has 1 amide bonds. The molecule has 0 radical (unpaired) electrons. The van der Waals surface area contributed by atoms with Gasteiger partial charge in [0.1, 0.15) is 0 Å². The third-order valence-electron chi connectivity index (χ3n) is 2.71. The number of hydrogen-bond acceptors (Lipinski definition) is 4. The molecule has 0 saturated heterocycles. The van der Waals surface area contributed by atoms with Crippen LogP contribution >= 0.6 is 0 Å². The maximum atomic E-state index is 11.6. The normalized spacial score (nSPS) is 15.2. The number of carboxylic acids is 1. The van der Waals surface area contributed by atoms with Crippen molar-refractivity contribution in [1.82, 2.24) is 9.62 Å². The fraction of sp³-hybridized carbons (Fsp3) is 0.800. The van der Waals surface area contributed by atoms with Crippen LogP contribution in [0, 0.1) is 11.8 Å². The molecule has 0 aliphatic carbocycles. The summed E-state index contributed by atoms with van der Waals surface area (Å²) in [5.74, 6) is -3.46. The van der Waals surface area contributed by atoms with E-state index in [4.69, 9.17) is 5.11 Å². The second-order valence-corrected chi connectivity index (χ2v) is 6.26. The van der Waals surface area contributed by atoms with Crippen molar-refractivity contribution in [3.63, 3.8) is 0 Å². The summed E-state index contributed by atoms with van der Waals surface area (Å²) in [7, 11) is -2.18. The summed E-state index contributed by atoms with van der Waals surface area (Å²) in [4.78, 5) is 22.7. The van der Waals surface area contributed by atoms with E-state index in [1.54, 1.807) is 6.92 Å². The smallest absolute Gasteiger partial charge is 0.308 e. The minimum atomic E-state index is -3.46. The summed E-state index contributed by atoms with van der Waals surface area (Å²) < 4.78 is 23.4. The van der Waals surface area contributed by atoms with E-state index in [0.717, 1.165) is 10.6 Å². The molecule has 0 fully saturated rings. The lowest BCUT2D eigenvalue weighted by molar-refractivity contribution is -0.147. The predicted molar refractivity (Wildman–Crippen MR) is 66.4 cm³/mol. The van der Waals surface area contributed by atoms with Gasteiger partial charge >= 0.3 is 5.97 Å². The molecule has 0 aliphatic rings. The van der Waals surface area contributed by atoms with Crippen molar-refractivity contribution >= 4 is 21.9 Å². The first-order valence-electron chi connectivity index (χ1n) is 5.53. The summed E-state index contributed by atoms with van der Waals surface area (Å²) in [5, 5.41) is 11.6. The zero-order chi connectivity index (χ0) is 14.5. The molecule has 0 bridgehead atoms. The van der Waals surface area contributed by atoms with E-state index in [1.165, 1.54) is 14.0 Å². The van der Waals surface area contributed by atoms with E-state index in [2.05, 4.69) is 5.32 Å². The van der Waals surface area contributed by atoms with Crippen LogP contribution in [0.25, 0.3) is 0 Å². The van der Waals surface area contributed by atoms with Crippen molar-refractivity contribution in [1.29, 1.82) is 0 Å². The molecule has 8 heteroatoms. The lowest BCUT2D eigenvalue weighted by Gasteiger charge is -2.23. The van der Waals surface area contributed by atoms with Crippen LogP contribution in [-0.4, -0.2) is 56.1 Å². The molecule has 0 aromatic rings. The van der Waals surface area contributed by atoms with E-state index < -0.39 is 33.7 Å². The van der Waals surface area contributed by atoms with E-state index in [9.17, 15) is 18.0 Å². The average Bonchev–Trinajstić information content (AvgIpc) is 2.23. The molecule has 2 atom stereocenters. The monoisotopic (exact) mass is 280 g/mol. The van der Waals surface area contributed by atoms with Gasteiger partial charge < -0.3 is 10.4 Å². The number of amides is 1. The highest BCUT2D eigenvalue weighted by Crippen LogP contribution is 2.15. The van der Waals surface area contributed by atoms with Crippen LogP contribution in [0.1, 0.15) is 13.8 Å². The van der Waals surface area contributed by atoms with Gasteiger partial charge in [-0.05, 0) is 6.92 Å². The highest BCUT2D eigenvalue weighted by molar-refractivity contribution is 7.88. The lowest BCUT2D eigenvalue weighted by atomic mass is 9.93. The number of carbonyl (C=O) groups is 2. The number of aliphatic carboxylic acids is 1. The molecule has 0 aromatic carbocycles. The van der Waals surface area contributed by atoms with Crippen molar-refractivity contribution < 1.29 is 23.1 Å². The predicted octanol–water partition coefficient (Wildman–Crippen LogP) is -0.649. The Labute approximate surface area is 107 Å². The van der Waals surface area contributed by atoms with Gasteiger partial charge in [0.05, 0.1) is 12.2 Å². The Morgan fingerprint density at radius 2 is 1.89 bits per heavy atom. The number of carboxylic acid groups (broad SMARTS) is 1. The molecule has 7 nitrogen and oxygen atoms in total. The van der Waals surface area contributed by atoms with Crippen molar-refractivity contribution in [2.45, 2.75) is 13.8 Å². The Kier molecular flexibility index (Phi) is 6.27. The highest BCUT2D eigenvalue weighted by Gasteiger charge is 2.32. The van der Waals surface area contributed by atoms with E-state index in [0.29, 0.717) is 6.54 Å². The third-order valence-corrected chi connectivity index (χ3v) is 3.99. The maximum Gasteiger partial charge on any atom is 0.308 e. The van der Waals surface area contributed by atoms with Crippen molar-refractivity contribution in [2.24, 2.45) is 11.8 Å². The Balaban J connectivity index is 4.88. The van der Waals surface area contributed by atoms with E-state index >= 15 is 0 Å². The molecular formula is C10H20N2O5S. The van der Waals surface area contributed by atoms with Gasteiger partial charge in [-0.15, -0.1) is 0 Å². The van der Waals surface area contributed by atoms with Crippen LogP contribution in [0.2, 0.25) is 0 Å². The van der Waals surface area contributed by atoms with Gasteiger partial charge in [-0.3, -0.25) is 9.59 Å².